The van der Waals surface area contributed by atoms with Crippen molar-refractivity contribution in [3.63, 3.8) is 0 Å². The summed E-state index contributed by atoms with van der Waals surface area (Å²) in [6.07, 6.45) is 0. The zero-order valence-corrected chi connectivity index (χ0v) is 18.7. The number of nitrogens with zero attached hydrogens (tertiary/aromatic N) is 2. The van der Waals surface area contributed by atoms with Crippen LogP contribution in [0.4, 0.5) is 10.1 Å². The van der Waals surface area contributed by atoms with Crippen LogP contribution < -0.4 is 21.3 Å². The third-order valence-electron chi connectivity index (χ3n) is 5.67. The summed E-state index contributed by atoms with van der Waals surface area (Å²) in [5.41, 5.74) is 0.483. The SMILES string of the molecule is COc1ccc(Cn2c(=O)c3oc4ccccc4c3n(CC(=O)Nc3ccc(F)cc3)c2=O)cc1. The summed E-state index contributed by atoms with van der Waals surface area (Å²) in [6, 6.07) is 19.2. The number of carbonyl (C=O) groups excluding carboxylic acids is 1. The third-order valence-corrected chi connectivity index (χ3v) is 5.67. The molecule has 0 bridgehead atoms. The molecule has 0 fully saturated rings. The van der Waals surface area contributed by atoms with Crippen LogP contribution in [0.2, 0.25) is 0 Å². The van der Waals surface area contributed by atoms with Crippen LogP contribution >= 0.6 is 0 Å². The maximum absolute atomic E-state index is 13.5. The van der Waals surface area contributed by atoms with Crippen molar-refractivity contribution < 1.29 is 18.3 Å². The molecule has 35 heavy (non-hydrogen) atoms. The second-order valence-electron chi connectivity index (χ2n) is 7.94. The van der Waals surface area contributed by atoms with E-state index in [0.29, 0.717) is 28.0 Å². The second-order valence-corrected chi connectivity index (χ2v) is 7.94. The first-order chi connectivity index (χ1) is 16.9. The second kappa shape index (κ2) is 8.94. The van der Waals surface area contributed by atoms with Crippen molar-refractivity contribution >= 4 is 33.7 Å². The molecule has 0 saturated heterocycles. The molecule has 2 aromatic heterocycles. The number of aromatic nitrogens is 2. The van der Waals surface area contributed by atoms with E-state index in [1.54, 1.807) is 55.6 Å². The Morgan fingerprint density at radius 2 is 1.69 bits per heavy atom. The van der Waals surface area contributed by atoms with Gasteiger partial charge in [-0.25, -0.2) is 9.18 Å². The normalized spacial score (nSPS) is 11.1. The number of anilines is 1. The zero-order valence-electron chi connectivity index (χ0n) is 18.7. The van der Waals surface area contributed by atoms with Crippen molar-refractivity contribution in [2.24, 2.45) is 0 Å². The minimum atomic E-state index is -0.654. The lowest BCUT2D eigenvalue weighted by atomic mass is 10.2. The Morgan fingerprint density at radius 1 is 0.971 bits per heavy atom. The summed E-state index contributed by atoms with van der Waals surface area (Å²) in [7, 11) is 1.55. The van der Waals surface area contributed by atoms with Crippen LogP contribution in [0, 0.1) is 5.82 Å². The van der Waals surface area contributed by atoms with Crippen molar-refractivity contribution in [3.05, 3.63) is 105 Å². The Hall–Kier alpha value is -4.66. The van der Waals surface area contributed by atoms with Crippen LogP contribution in [0.3, 0.4) is 0 Å². The molecule has 0 aliphatic rings. The van der Waals surface area contributed by atoms with Gasteiger partial charge in [0.05, 0.1) is 13.7 Å². The van der Waals surface area contributed by atoms with Crippen molar-refractivity contribution in [1.82, 2.24) is 9.13 Å². The highest BCUT2D eigenvalue weighted by molar-refractivity contribution is 6.03. The predicted octanol–water partition coefficient (Wildman–Crippen LogP) is 3.74. The van der Waals surface area contributed by atoms with Crippen LogP contribution in [0.25, 0.3) is 22.1 Å². The lowest BCUT2D eigenvalue weighted by Crippen LogP contribution is -2.41. The van der Waals surface area contributed by atoms with Crippen LogP contribution in [-0.2, 0) is 17.9 Å². The van der Waals surface area contributed by atoms with Gasteiger partial charge >= 0.3 is 5.69 Å². The summed E-state index contributed by atoms with van der Waals surface area (Å²) in [5.74, 6) is -0.306. The van der Waals surface area contributed by atoms with Gasteiger partial charge < -0.3 is 14.5 Å². The zero-order chi connectivity index (χ0) is 24.5. The lowest BCUT2D eigenvalue weighted by molar-refractivity contribution is -0.116. The van der Waals surface area contributed by atoms with E-state index in [-0.39, 0.29) is 24.2 Å². The fourth-order valence-electron chi connectivity index (χ4n) is 3.97. The molecule has 9 heteroatoms. The van der Waals surface area contributed by atoms with Crippen LogP contribution in [0.5, 0.6) is 5.75 Å². The number of rotatable bonds is 6. The number of hydrogen-bond donors (Lipinski definition) is 1. The van der Waals surface area contributed by atoms with E-state index >= 15 is 0 Å². The number of halogens is 1. The van der Waals surface area contributed by atoms with E-state index in [9.17, 15) is 18.8 Å². The summed E-state index contributed by atoms with van der Waals surface area (Å²) in [5, 5.41) is 3.19. The molecule has 5 rings (SSSR count). The van der Waals surface area contributed by atoms with Gasteiger partial charge in [-0.15, -0.1) is 0 Å². The highest BCUT2D eigenvalue weighted by atomic mass is 19.1. The molecule has 1 N–H and O–H groups in total. The lowest BCUT2D eigenvalue weighted by Gasteiger charge is -2.12. The first-order valence-electron chi connectivity index (χ1n) is 10.8. The molecule has 0 aliphatic heterocycles. The van der Waals surface area contributed by atoms with E-state index in [4.69, 9.17) is 9.15 Å². The monoisotopic (exact) mass is 473 g/mol. The summed E-state index contributed by atoms with van der Waals surface area (Å²) >= 11 is 0. The first-order valence-corrected chi connectivity index (χ1v) is 10.8. The van der Waals surface area contributed by atoms with Crippen LogP contribution in [0.1, 0.15) is 5.56 Å². The Labute approximate surface area is 197 Å². The number of furan rings is 1. The van der Waals surface area contributed by atoms with Crippen molar-refractivity contribution in [1.29, 1.82) is 0 Å². The largest absolute Gasteiger partial charge is 0.497 e. The fraction of sp³-hybridized carbons (Fsp3) is 0.115. The molecule has 176 valence electrons. The van der Waals surface area contributed by atoms with Gasteiger partial charge in [-0.2, -0.15) is 0 Å². The maximum Gasteiger partial charge on any atom is 0.332 e. The van der Waals surface area contributed by atoms with Gasteiger partial charge in [0.15, 0.2) is 0 Å². The molecule has 0 radical (unpaired) electrons. The number of benzene rings is 3. The number of nitrogens with one attached hydrogen (secondary N) is 1. The molecule has 0 saturated carbocycles. The number of methoxy groups -OCH3 is 1. The molecule has 1 amide bonds. The average molecular weight is 473 g/mol. The van der Waals surface area contributed by atoms with Gasteiger partial charge in [-0.3, -0.25) is 18.7 Å². The molecule has 0 atom stereocenters. The predicted molar refractivity (Wildman–Crippen MR) is 129 cm³/mol. The highest BCUT2D eigenvalue weighted by Gasteiger charge is 2.21. The number of hydrogen-bond acceptors (Lipinski definition) is 5. The number of amides is 1. The smallest absolute Gasteiger partial charge is 0.332 e. The Bertz CT molecular complexity index is 1660. The quantitative estimate of drug-likeness (QED) is 0.405. The van der Waals surface area contributed by atoms with E-state index < -0.39 is 23.0 Å². The molecule has 0 aliphatic carbocycles. The molecule has 0 unspecified atom stereocenters. The Balaban J connectivity index is 1.62. The highest BCUT2D eigenvalue weighted by Crippen LogP contribution is 2.25. The number of ether oxygens (including phenoxy) is 1. The van der Waals surface area contributed by atoms with Gasteiger partial charge in [0.25, 0.3) is 5.56 Å². The number of fused-ring (bicyclic) bond motifs is 3. The average Bonchev–Trinajstić information content (AvgIpc) is 3.26. The molecule has 5 aromatic rings. The van der Waals surface area contributed by atoms with E-state index in [1.165, 1.54) is 28.8 Å². The van der Waals surface area contributed by atoms with Gasteiger partial charge in [0.2, 0.25) is 11.5 Å². The minimum absolute atomic E-state index is 0.0195. The summed E-state index contributed by atoms with van der Waals surface area (Å²) < 4.78 is 26.5. The van der Waals surface area contributed by atoms with E-state index in [2.05, 4.69) is 5.32 Å². The van der Waals surface area contributed by atoms with Crippen LogP contribution in [-0.4, -0.2) is 22.2 Å². The Kier molecular flexibility index (Phi) is 5.66. The van der Waals surface area contributed by atoms with E-state index in [1.807, 2.05) is 0 Å². The topological polar surface area (TPSA) is 95.5 Å². The molecule has 3 aromatic carbocycles. The van der Waals surface area contributed by atoms with Gasteiger partial charge in [-0.05, 0) is 54.1 Å². The van der Waals surface area contributed by atoms with Gasteiger partial charge in [-0.1, -0.05) is 24.3 Å². The number of para-hydroxylation sites is 1. The summed E-state index contributed by atoms with van der Waals surface area (Å²) in [6.45, 7) is -0.395. The fourth-order valence-corrected chi connectivity index (χ4v) is 3.97. The van der Waals surface area contributed by atoms with E-state index in [0.717, 1.165) is 4.57 Å². The van der Waals surface area contributed by atoms with Gasteiger partial charge in [0, 0.05) is 11.1 Å². The third kappa shape index (κ3) is 4.19. The van der Waals surface area contributed by atoms with Crippen molar-refractivity contribution in [3.8, 4) is 5.75 Å². The van der Waals surface area contributed by atoms with Crippen molar-refractivity contribution in [2.75, 3.05) is 12.4 Å². The minimum Gasteiger partial charge on any atom is -0.497 e. The van der Waals surface area contributed by atoms with Gasteiger partial charge in [0.1, 0.15) is 29.2 Å². The molecule has 0 spiro atoms. The Morgan fingerprint density at radius 3 is 2.40 bits per heavy atom. The van der Waals surface area contributed by atoms with Crippen molar-refractivity contribution in [2.45, 2.75) is 13.1 Å². The summed E-state index contributed by atoms with van der Waals surface area (Å²) in [4.78, 5) is 39.7. The number of carbonyl (C=O) groups is 1. The molecular formula is C26H20FN3O5. The molecular weight excluding hydrogens is 453 g/mol. The molecule has 2 heterocycles. The van der Waals surface area contributed by atoms with Crippen LogP contribution in [0.15, 0.2) is 86.8 Å². The molecule has 8 nitrogen and oxygen atoms in total. The first kappa shape index (κ1) is 22.1. The maximum atomic E-state index is 13.5. The standard InChI is InChI=1S/C26H20FN3O5/c1-34-19-12-6-16(7-13-19)14-30-25(32)24-23(20-4-2-3-5-21(20)35-24)29(26(30)33)15-22(31)28-18-10-8-17(27)9-11-18/h2-13H,14-15H2,1H3,(H,28,31).